The number of carbonyl (C=O) groups excluding carboxylic acids is 1. The highest BCUT2D eigenvalue weighted by molar-refractivity contribution is 5.92. The predicted octanol–water partition coefficient (Wildman–Crippen LogP) is 0.125. The summed E-state index contributed by atoms with van der Waals surface area (Å²) in [6.07, 6.45) is 0. The van der Waals surface area contributed by atoms with Crippen LogP contribution >= 0.6 is 0 Å². The maximum absolute atomic E-state index is 11.1. The molecule has 0 aromatic carbocycles. The molecule has 1 amide bonds. The van der Waals surface area contributed by atoms with Crippen molar-refractivity contribution in [2.24, 2.45) is 0 Å². The number of nitrogens with one attached hydrogen (secondary N) is 2. The Labute approximate surface area is 69.6 Å². The summed E-state index contributed by atoms with van der Waals surface area (Å²) in [5.41, 5.74) is 0.0307. The number of aromatic amines is 1. The van der Waals surface area contributed by atoms with E-state index in [-0.39, 0.29) is 11.5 Å². The first-order valence-electron chi connectivity index (χ1n) is 3.71. The largest absolute Gasteiger partial charge is 0.351 e. The van der Waals surface area contributed by atoms with Gasteiger partial charge >= 0.3 is 0 Å². The number of rotatable bonds is 2. The number of aromatic nitrogens is 1. The third-order valence-corrected chi connectivity index (χ3v) is 1.35. The summed E-state index contributed by atoms with van der Waals surface area (Å²) >= 11 is 0. The Hall–Kier alpha value is -1.58. The van der Waals surface area contributed by atoms with Gasteiger partial charge in [-0.25, -0.2) is 0 Å². The maximum atomic E-state index is 11.1. The van der Waals surface area contributed by atoms with Gasteiger partial charge in [0.05, 0.1) is 0 Å². The summed E-state index contributed by atoms with van der Waals surface area (Å²) < 4.78 is 0. The fourth-order valence-corrected chi connectivity index (χ4v) is 0.836. The average molecular weight is 166 g/mol. The Morgan fingerprint density at radius 3 is 2.92 bits per heavy atom. The molecule has 0 saturated carbocycles. The van der Waals surface area contributed by atoms with E-state index < -0.39 is 0 Å². The molecule has 0 aliphatic carbocycles. The Morgan fingerprint density at radius 2 is 2.33 bits per heavy atom. The van der Waals surface area contributed by atoms with E-state index in [1.807, 2.05) is 6.92 Å². The topological polar surface area (TPSA) is 62.0 Å². The maximum Gasteiger partial charge on any atom is 0.267 e. The normalized spacial score (nSPS) is 9.42. The number of amides is 1. The van der Waals surface area contributed by atoms with Crippen molar-refractivity contribution in [3.8, 4) is 0 Å². The van der Waals surface area contributed by atoms with Gasteiger partial charge in [-0.1, -0.05) is 6.07 Å². The van der Waals surface area contributed by atoms with Crippen molar-refractivity contribution in [3.63, 3.8) is 0 Å². The first kappa shape index (κ1) is 8.52. The number of carbonyl (C=O) groups is 1. The lowest BCUT2D eigenvalue weighted by molar-refractivity contribution is 0.0950. The molecule has 0 aliphatic heterocycles. The van der Waals surface area contributed by atoms with Crippen LogP contribution in [0.15, 0.2) is 23.0 Å². The van der Waals surface area contributed by atoms with Crippen LogP contribution in [-0.4, -0.2) is 17.4 Å². The van der Waals surface area contributed by atoms with Gasteiger partial charge in [-0.15, -0.1) is 0 Å². The minimum Gasteiger partial charge on any atom is -0.351 e. The molecule has 0 aliphatic rings. The highest BCUT2D eigenvalue weighted by atomic mass is 16.2. The van der Waals surface area contributed by atoms with Crippen molar-refractivity contribution in [1.29, 1.82) is 0 Å². The van der Waals surface area contributed by atoms with Crippen LogP contribution in [0.25, 0.3) is 0 Å². The molecule has 0 atom stereocenters. The van der Waals surface area contributed by atoms with E-state index >= 15 is 0 Å². The zero-order valence-corrected chi connectivity index (χ0v) is 6.76. The molecule has 1 aromatic heterocycles. The van der Waals surface area contributed by atoms with Gasteiger partial charge in [-0.3, -0.25) is 9.59 Å². The summed E-state index contributed by atoms with van der Waals surface area (Å²) in [5, 5.41) is 2.58. The molecule has 0 bridgehead atoms. The van der Waals surface area contributed by atoms with Gasteiger partial charge in [0.25, 0.3) is 5.91 Å². The third kappa shape index (κ3) is 1.95. The molecule has 12 heavy (non-hydrogen) atoms. The second-order valence-corrected chi connectivity index (χ2v) is 2.29. The monoisotopic (exact) mass is 166 g/mol. The predicted molar refractivity (Wildman–Crippen MR) is 45.1 cm³/mol. The van der Waals surface area contributed by atoms with Gasteiger partial charge in [0.2, 0.25) is 5.56 Å². The molecule has 64 valence electrons. The molecule has 1 aromatic rings. The SMILES string of the molecule is CCNC(=O)c1cccc(=O)[nH]1. The van der Waals surface area contributed by atoms with Gasteiger partial charge in [-0.2, -0.15) is 0 Å². The Kier molecular flexibility index (Phi) is 2.63. The minimum absolute atomic E-state index is 0.254. The van der Waals surface area contributed by atoms with E-state index in [1.165, 1.54) is 6.07 Å². The van der Waals surface area contributed by atoms with Crippen molar-refractivity contribution in [3.05, 3.63) is 34.2 Å². The van der Waals surface area contributed by atoms with Crippen LogP contribution in [0.4, 0.5) is 0 Å². The van der Waals surface area contributed by atoms with Crippen LogP contribution < -0.4 is 10.9 Å². The van der Waals surface area contributed by atoms with E-state index in [9.17, 15) is 9.59 Å². The van der Waals surface area contributed by atoms with Gasteiger partial charge < -0.3 is 10.3 Å². The van der Waals surface area contributed by atoms with Crippen molar-refractivity contribution < 1.29 is 4.79 Å². The summed E-state index contributed by atoms with van der Waals surface area (Å²) in [6.45, 7) is 2.37. The first-order chi connectivity index (χ1) is 5.74. The first-order valence-corrected chi connectivity index (χ1v) is 3.71. The number of hydrogen-bond donors (Lipinski definition) is 2. The third-order valence-electron chi connectivity index (χ3n) is 1.35. The smallest absolute Gasteiger partial charge is 0.267 e. The van der Waals surface area contributed by atoms with E-state index in [4.69, 9.17) is 0 Å². The standard InChI is InChI=1S/C8H10N2O2/c1-2-9-8(12)6-4-3-5-7(11)10-6/h3-5H,2H2,1H3,(H,9,12)(H,10,11). The summed E-state index contributed by atoms with van der Waals surface area (Å²) in [6, 6.07) is 4.47. The molecule has 0 fully saturated rings. The molecule has 1 rings (SSSR count). The van der Waals surface area contributed by atoms with Gasteiger partial charge in [0.1, 0.15) is 5.69 Å². The van der Waals surface area contributed by atoms with E-state index in [2.05, 4.69) is 10.3 Å². The molecule has 1 heterocycles. The Morgan fingerprint density at radius 1 is 1.58 bits per heavy atom. The highest BCUT2D eigenvalue weighted by Crippen LogP contribution is 1.88. The number of hydrogen-bond acceptors (Lipinski definition) is 2. The van der Waals surface area contributed by atoms with E-state index in [0.717, 1.165) is 0 Å². The van der Waals surface area contributed by atoms with Crippen LogP contribution in [0.3, 0.4) is 0 Å². The number of pyridine rings is 1. The van der Waals surface area contributed by atoms with E-state index in [1.54, 1.807) is 12.1 Å². The lowest BCUT2D eigenvalue weighted by Gasteiger charge is -1.99. The quantitative estimate of drug-likeness (QED) is 0.655. The van der Waals surface area contributed by atoms with Crippen LogP contribution in [0.2, 0.25) is 0 Å². The summed E-state index contributed by atoms with van der Waals surface area (Å²) in [7, 11) is 0. The summed E-state index contributed by atoms with van der Waals surface area (Å²) in [4.78, 5) is 24.3. The molecule has 4 heteroatoms. The molecule has 0 radical (unpaired) electrons. The van der Waals surface area contributed by atoms with E-state index in [0.29, 0.717) is 12.2 Å². The highest BCUT2D eigenvalue weighted by Gasteiger charge is 2.02. The lowest BCUT2D eigenvalue weighted by atomic mass is 10.3. The molecular formula is C8H10N2O2. The zero-order chi connectivity index (χ0) is 8.97. The van der Waals surface area contributed by atoms with Gasteiger partial charge in [0, 0.05) is 12.6 Å². The van der Waals surface area contributed by atoms with Crippen molar-refractivity contribution in [1.82, 2.24) is 10.3 Å². The molecule has 2 N–H and O–H groups in total. The fraction of sp³-hybridized carbons (Fsp3) is 0.250. The second-order valence-electron chi connectivity index (χ2n) is 2.29. The van der Waals surface area contributed by atoms with Crippen molar-refractivity contribution >= 4 is 5.91 Å². The van der Waals surface area contributed by atoms with Crippen LogP contribution in [0.5, 0.6) is 0 Å². The molecule has 0 unspecified atom stereocenters. The van der Waals surface area contributed by atoms with Crippen molar-refractivity contribution in [2.45, 2.75) is 6.92 Å². The average Bonchev–Trinajstić information content (AvgIpc) is 2.05. The zero-order valence-electron chi connectivity index (χ0n) is 6.76. The Balaban J connectivity index is 2.88. The van der Waals surface area contributed by atoms with Crippen LogP contribution in [0.1, 0.15) is 17.4 Å². The lowest BCUT2D eigenvalue weighted by Crippen LogP contribution is -2.25. The molecule has 0 saturated heterocycles. The summed E-state index contributed by atoms with van der Waals surface area (Å²) in [5.74, 6) is -0.254. The van der Waals surface area contributed by atoms with Crippen LogP contribution in [0, 0.1) is 0 Å². The second kappa shape index (κ2) is 3.71. The number of H-pyrrole nitrogens is 1. The molecular weight excluding hydrogens is 156 g/mol. The van der Waals surface area contributed by atoms with Crippen LogP contribution in [-0.2, 0) is 0 Å². The minimum atomic E-state index is -0.265. The molecule has 0 spiro atoms. The van der Waals surface area contributed by atoms with Crippen molar-refractivity contribution in [2.75, 3.05) is 6.54 Å². The van der Waals surface area contributed by atoms with Gasteiger partial charge in [0.15, 0.2) is 0 Å². The Bertz CT molecular complexity index is 330. The van der Waals surface area contributed by atoms with Gasteiger partial charge in [-0.05, 0) is 13.0 Å². The molecule has 4 nitrogen and oxygen atoms in total. The fourth-order valence-electron chi connectivity index (χ4n) is 0.836.